The molecule has 0 aliphatic carbocycles. The van der Waals surface area contributed by atoms with Crippen molar-refractivity contribution in [2.45, 2.75) is 6.92 Å². The van der Waals surface area contributed by atoms with E-state index in [0.29, 0.717) is 11.3 Å². The zero-order valence-electron chi connectivity index (χ0n) is 12.1. The molecule has 0 aliphatic heterocycles. The first-order chi connectivity index (χ1) is 10.7. The molecule has 1 heterocycles. The van der Waals surface area contributed by atoms with E-state index in [9.17, 15) is 10.1 Å². The van der Waals surface area contributed by atoms with E-state index in [4.69, 9.17) is 0 Å². The second-order valence-electron chi connectivity index (χ2n) is 5.15. The summed E-state index contributed by atoms with van der Waals surface area (Å²) in [7, 11) is 0. The van der Waals surface area contributed by atoms with E-state index in [2.05, 4.69) is 4.98 Å². The second-order valence-corrected chi connectivity index (χ2v) is 5.15. The summed E-state index contributed by atoms with van der Waals surface area (Å²) in [5.41, 5.74) is 4.03. The number of pyridine rings is 1. The zero-order chi connectivity index (χ0) is 15.5. The molecule has 3 aromatic rings. The van der Waals surface area contributed by atoms with E-state index in [1.165, 1.54) is 0 Å². The van der Waals surface area contributed by atoms with Crippen LogP contribution in [0, 0.1) is 18.3 Å². The van der Waals surface area contributed by atoms with Gasteiger partial charge in [0, 0.05) is 11.3 Å². The van der Waals surface area contributed by atoms with Gasteiger partial charge >= 0.3 is 0 Å². The number of rotatable bonds is 2. The molecule has 0 unspecified atom stereocenters. The number of aromatic nitrogens is 1. The molecule has 0 aliphatic rings. The van der Waals surface area contributed by atoms with Gasteiger partial charge in [0.2, 0.25) is 0 Å². The third kappa shape index (κ3) is 2.55. The number of nitrogens with zero attached hydrogens (tertiary/aromatic N) is 1. The van der Waals surface area contributed by atoms with Crippen LogP contribution in [0.4, 0.5) is 0 Å². The van der Waals surface area contributed by atoms with Gasteiger partial charge in [0.25, 0.3) is 5.56 Å². The van der Waals surface area contributed by atoms with Gasteiger partial charge in [0.1, 0.15) is 11.6 Å². The van der Waals surface area contributed by atoms with Crippen molar-refractivity contribution in [1.29, 1.82) is 5.26 Å². The monoisotopic (exact) mass is 286 g/mol. The van der Waals surface area contributed by atoms with Crippen molar-refractivity contribution in [2.24, 2.45) is 0 Å². The lowest BCUT2D eigenvalue weighted by Gasteiger charge is -2.08. The maximum atomic E-state index is 12.2. The van der Waals surface area contributed by atoms with Crippen LogP contribution in [0.25, 0.3) is 22.4 Å². The Morgan fingerprint density at radius 3 is 2.36 bits per heavy atom. The summed E-state index contributed by atoms with van der Waals surface area (Å²) in [6, 6.07) is 21.3. The van der Waals surface area contributed by atoms with Crippen molar-refractivity contribution in [3.05, 3.63) is 82.1 Å². The molecule has 0 amide bonds. The number of benzene rings is 2. The Balaban J connectivity index is 2.27. The highest BCUT2D eigenvalue weighted by Gasteiger charge is 2.12. The Kier molecular flexibility index (Phi) is 3.59. The van der Waals surface area contributed by atoms with Crippen molar-refractivity contribution < 1.29 is 0 Å². The van der Waals surface area contributed by atoms with Crippen molar-refractivity contribution in [1.82, 2.24) is 4.98 Å². The number of H-pyrrole nitrogens is 1. The first-order valence-corrected chi connectivity index (χ1v) is 6.99. The average molecular weight is 286 g/mol. The molecule has 1 N–H and O–H groups in total. The molecule has 2 aromatic carbocycles. The molecule has 0 atom stereocenters. The Morgan fingerprint density at radius 2 is 1.68 bits per heavy atom. The van der Waals surface area contributed by atoms with Crippen LogP contribution >= 0.6 is 0 Å². The molecule has 0 radical (unpaired) electrons. The molecule has 1 aromatic heterocycles. The van der Waals surface area contributed by atoms with Crippen LogP contribution in [0.1, 0.15) is 11.1 Å². The summed E-state index contributed by atoms with van der Waals surface area (Å²) in [5.74, 6) is 0. The van der Waals surface area contributed by atoms with Gasteiger partial charge in [-0.3, -0.25) is 4.79 Å². The van der Waals surface area contributed by atoms with Crippen LogP contribution in [0.3, 0.4) is 0 Å². The third-order valence-electron chi connectivity index (χ3n) is 3.56. The smallest absolute Gasteiger partial charge is 0.266 e. The summed E-state index contributed by atoms with van der Waals surface area (Å²) in [6.07, 6.45) is 0. The zero-order valence-corrected chi connectivity index (χ0v) is 12.1. The Labute approximate surface area is 128 Å². The van der Waals surface area contributed by atoms with Crippen LogP contribution < -0.4 is 5.56 Å². The lowest BCUT2D eigenvalue weighted by molar-refractivity contribution is 1.22. The standard InChI is InChI=1S/C19H14N2O/c1-13-6-5-9-15(10-13)16-11-18(14-7-3-2-4-8-14)21-19(22)17(16)12-20/h2-11H,1H3,(H,21,22). The van der Waals surface area contributed by atoms with Crippen LogP contribution in [0.2, 0.25) is 0 Å². The summed E-state index contributed by atoms with van der Waals surface area (Å²) in [4.78, 5) is 15.0. The maximum Gasteiger partial charge on any atom is 0.266 e. The minimum atomic E-state index is -0.361. The van der Waals surface area contributed by atoms with E-state index in [1.54, 1.807) is 0 Å². The number of aryl methyl sites for hydroxylation is 1. The van der Waals surface area contributed by atoms with Gasteiger partial charge in [0.15, 0.2) is 0 Å². The van der Waals surface area contributed by atoms with Gasteiger partial charge in [-0.15, -0.1) is 0 Å². The number of aromatic amines is 1. The van der Waals surface area contributed by atoms with Crippen molar-refractivity contribution in [3.8, 4) is 28.5 Å². The Hall–Kier alpha value is -3.12. The normalized spacial score (nSPS) is 10.2. The van der Waals surface area contributed by atoms with Crippen LogP contribution in [-0.4, -0.2) is 4.98 Å². The fourth-order valence-electron chi connectivity index (χ4n) is 2.48. The first-order valence-electron chi connectivity index (χ1n) is 6.99. The summed E-state index contributed by atoms with van der Waals surface area (Å²) in [6.45, 7) is 1.99. The molecule has 3 rings (SSSR count). The van der Waals surface area contributed by atoms with Crippen LogP contribution in [0.15, 0.2) is 65.5 Å². The summed E-state index contributed by atoms with van der Waals surface area (Å²) < 4.78 is 0. The largest absolute Gasteiger partial charge is 0.321 e. The fourth-order valence-corrected chi connectivity index (χ4v) is 2.48. The highest BCUT2D eigenvalue weighted by molar-refractivity contribution is 5.75. The SMILES string of the molecule is Cc1cccc(-c2cc(-c3ccccc3)[nH]c(=O)c2C#N)c1. The molecule has 0 spiro atoms. The molecule has 3 heteroatoms. The quantitative estimate of drug-likeness (QED) is 0.777. The Morgan fingerprint density at radius 1 is 0.955 bits per heavy atom. The number of nitriles is 1. The Bertz CT molecular complexity index is 918. The molecule has 22 heavy (non-hydrogen) atoms. The van der Waals surface area contributed by atoms with Gasteiger partial charge in [-0.05, 0) is 24.1 Å². The predicted octanol–water partition coefficient (Wildman–Crippen LogP) is 3.89. The van der Waals surface area contributed by atoms with E-state index in [0.717, 1.165) is 16.7 Å². The average Bonchev–Trinajstić information content (AvgIpc) is 2.55. The van der Waals surface area contributed by atoms with Crippen molar-refractivity contribution in [3.63, 3.8) is 0 Å². The van der Waals surface area contributed by atoms with Crippen LogP contribution in [0.5, 0.6) is 0 Å². The molecule has 0 saturated carbocycles. The van der Waals surface area contributed by atoms with Crippen molar-refractivity contribution in [2.75, 3.05) is 0 Å². The molecular weight excluding hydrogens is 272 g/mol. The molecular formula is C19H14N2O. The number of nitrogens with one attached hydrogen (secondary N) is 1. The predicted molar refractivity (Wildman–Crippen MR) is 87.4 cm³/mol. The maximum absolute atomic E-state index is 12.2. The van der Waals surface area contributed by atoms with Crippen molar-refractivity contribution >= 4 is 0 Å². The van der Waals surface area contributed by atoms with E-state index < -0.39 is 0 Å². The third-order valence-corrected chi connectivity index (χ3v) is 3.56. The van der Waals surface area contributed by atoms with Gasteiger partial charge < -0.3 is 4.98 Å². The van der Waals surface area contributed by atoms with E-state index in [-0.39, 0.29) is 11.1 Å². The van der Waals surface area contributed by atoms with Gasteiger partial charge in [-0.1, -0.05) is 60.2 Å². The lowest BCUT2D eigenvalue weighted by Crippen LogP contribution is -2.12. The lowest BCUT2D eigenvalue weighted by atomic mass is 9.98. The topological polar surface area (TPSA) is 56.6 Å². The molecule has 106 valence electrons. The number of hydrogen-bond donors (Lipinski definition) is 1. The second kappa shape index (κ2) is 5.71. The van der Waals surface area contributed by atoms with E-state index in [1.807, 2.05) is 73.7 Å². The first kappa shape index (κ1) is 13.8. The molecule has 0 fully saturated rings. The highest BCUT2D eigenvalue weighted by Crippen LogP contribution is 2.26. The fraction of sp³-hybridized carbons (Fsp3) is 0.0526. The van der Waals surface area contributed by atoms with Gasteiger partial charge in [-0.2, -0.15) is 5.26 Å². The summed E-state index contributed by atoms with van der Waals surface area (Å²) >= 11 is 0. The van der Waals surface area contributed by atoms with Crippen LogP contribution in [-0.2, 0) is 0 Å². The van der Waals surface area contributed by atoms with Gasteiger partial charge in [-0.25, -0.2) is 0 Å². The molecule has 0 saturated heterocycles. The minimum absolute atomic E-state index is 0.144. The highest BCUT2D eigenvalue weighted by atomic mass is 16.1. The van der Waals surface area contributed by atoms with Gasteiger partial charge in [0.05, 0.1) is 0 Å². The number of hydrogen-bond acceptors (Lipinski definition) is 2. The van der Waals surface area contributed by atoms with E-state index >= 15 is 0 Å². The molecule has 0 bridgehead atoms. The minimum Gasteiger partial charge on any atom is -0.321 e. The summed E-state index contributed by atoms with van der Waals surface area (Å²) in [5, 5.41) is 9.32. The molecule has 3 nitrogen and oxygen atoms in total.